The fourth-order valence-electron chi connectivity index (χ4n) is 4.24. The van der Waals surface area contributed by atoms with E-state index in [1.165, 1.54) is 10.6 Å². The zero-order chi connectivity index (χ0) is 28.8. The van der Waals surface area contributed by atoms with Crippen molar-refractivity contribution < 1.29 is 9.53 Å². The molecule has 40 heavy (non-hydrogen) atoms. The van der Waals surface area contributed by atoms with E-state index in [0.29, 0.717) is 34.4 Å². The van der Waals surface area contributed by atoms with Gasteiger partial charge in [-0.05, 0) is 69.9 Å². The molecule has 0 unspecified atom stereocenters. The molecule has 2 N–H and O–H groups in total. The molecule has 0 saturated heterocycles. The van der Waals surface area contributed by atoms with Crippen molar-refractivity contribution >= 4 is 40.0 Å². The van der Waals surface area contributed by atoms with Crippen LogP contribution >= 0.6 is 0 Å². The molecule has 0 aliphatic heterocycles. The molecule has 10 nitrogen and oxygen atoms in total. The number of hydrogen-bond acceptors (Lipinski definition) is 8. The molecule has 2 heterocycles. The Morgan fingerprint density at radius 3 is 2.62 bits per heavy atom. The number of aromatic nitrogens is 3. The van der Waals surface area contributed by atoms with Gasteiger partial charge in [-0.15, -0.1) is 0 Å². The summed E-state index contributed by atoms with van der Waals surface area (Å²) in [4.78, 5) is 38.8. The highest BCUT2D eigenvalue weighted by Gasteiger charge is 2.14. The molecule has 2 aromatic heterocycles. The van der Waals surface area contributed by atoms with E-state index in [-0.39, 0.29) is 11.5 Å². The Balaban J connectivity index is 1.71. The largest absolute Gasteiger partial charge is 0.494 e. The van der Waals surface area contributed by atoms with Crippen LogP contribution in [-0.2, 0) is 4.79 Å². The maximum atomic E-state index is 13.2. The molecule has 1 amide bonds. The quantitative estimate of drug-likeness (QED) is 0.286. The predicted octanol–water partition coefficient (Wildman–Crippen LogP) is 4.35. The molecule has 4 rings (SSSR count). The molecule has 0 aliphatic rings. The number of anilines is 4. The Labute approximate surface area is 233 Å². The van der Waals surface area contributed by atoms with Crippen molar-refractivity contribution in [3.05, 3.63) is 82.8 Å². The summed E-state index contributed by atoms with van der Waals surface area (Å²) in [6.07, 6.45) is 4.80. The molecule has 208 valence electrons. The van der Waals surface area contributed by atoms with Gasteiger partial charge in [-0.2, -0.15) is 4.98 Å². The summed E-state index contributed by atoms with van der Waals surface area (Å²) in [6, 6.07) is 14.5. The van der Waals surface area contributed by atoms with Crippen LogP contribution in [0.1, 0.15) is 12.5 Å². The number of rotatable bonds is 10. The molecule has 4 aromatic rings. The standard InChI is InChI=1S/C30H35N7O3/c1-7-9-27(38)32-21-10-8-11-23(17-21)37-28(39)16-20(2)24-19-31-30(34-29(24)37)33-25-13-12-22(18-26(25)40-6)36(5)15-14-35(3)4/h7-13,16-19H,14-15H2,1-6H3,(H,32,38)(H,31,33,34). The highest BCUT2D eigenvalue weighted by atomic mass is 16.5. The molecule has 0 bridgehead atoms. The fourth-order valence-corrected chi connectivity index (χ4v) is 4.24. The normalized spacial score (nSPS) is 11.3. The third kappa shape index (κ3) is 6.47. The number of carbonyl (C=O) groups excluding carboxylic acids is 1. The maximum Gasteiger partial charge on any atom is 0.257 e. The number of fused-ring (bicyclic) bond motifs is 1. The number of benzene rings is 2. The van der Waals surface area contributed by atoms with Crippen LogP contribution in [0.5, 0.6) is 5.75 Å². The Bertz CT molecular complexity index is 1610. The number of allylic oxidation sites excluding steroid dienone is 1. The van der Waals surface area contributed by atoms with Gasteiger partial charge < -0.3 is 25.2 Å². The molecular formula is C30H35N7O3. The smallest absolute Gasteiger partial charge is 0.257 e. The second-order valence-electron chi connectivity index (χ2n) is 9.71. The summed E-state index contributed by atoms with van der Waals surface area (Å²) in [5.41, 5.74) is 3.82. The first-order valence-corrected chi connectivity index (χ1v) is 12.9. The van der Waals surface area contributed by atoms with E-state index in [4.69, 9.17) is 9.72 Å². The first-order valence-electron chi connectivity index (χ1n) is 12.9. The van der Waals surface area contributed by atoms with Crippen LogP contribution in [-0.4, -0.2) is 66.7 Å². The van der Waals surface area contributed by atoms with E-state index >= 15 is 0 Å². The van der Waals surface area contributed by atoms with Gasteiger partial charge in [-0.3, -0.25) is 14.2 Å². The molecule has 0 saturated carbocycles. The van der Waals surface area contributed by atoms with Gasteiger partial charge in [0.05, 0.1) is 18.5 Å². The number of likely N-dealkylation sites (N-methyl/N-ethyl adjacent to an activating group) is 2. The summed E-state index contributed by atoms with van der Waals surface area (Å²) in [5, 5.41) is 6.79. The number of hydrogen-bond donors (Lipinski definition) is 2. The minimum atomic E-state index is -0.251. The maximum absolute atomic E-state index is 13.2. The van der Waals surface area contributed by atoms with Gasteiger partial charge in [0, 0.05) is 55.2 Å². The van der Waals surface area contributed by atoms with Crippen molar-refractivity contribution in [3.8, 4) is 11.4 Å². The van der Waals surface area contributed by atoms with Crippen LogP contribution in [0.2, 0.25) is 0 Å². The van der Waals surface area contributed by atoms with Crippen LogP contribution in [0.3, 0.4) is 0 Å². The average molecular weight is 542 g/mol. The molecule has 10 heteroatoms. The summed E-state index contributed by atoms with van der Waals surface area (Å²) in [7, 11) is 7.76. The minimum absolute atomic E-state index is 0.241. The van der Waals surface area contributed by atoms with Crippen LogP contribution < -0.4 is 25.8 Å². The number of nitrogens with one attached hydrogen (secondary N) is 2. The molecule has 0 radical (unpaired) electrons. The number of nitrogens with zero attached hydrogens (tertiary/aromatic N) is 5. The number of ether oxygens (including phenoxy) is 1. The summed E-state index contributed by atoms with van der Waals surface area (Å²) in [6.45, 7) is 5.42. The lowest BCUT2D eigenvalue weighted by molar-refractivity contribution is -0.111. The van der Waals surface area contributed by atoms with Gasteiger partial charge in [-0.25, -0.2) is 4.98 Å². The second-order valence-corrected chi connectivity index (χ2v) is 9.71. The number of aryl methyl sites for hydroxylation is 1. The molecule has 2 aromatic carbocycles. The molecular weight excluding hydrogens is 506 g/mol. The van der Waals surface area contributed by atoms with Crippen molar-refractivity contribution in [2.75, 3.05) is 56.9 Å². The van der Waals surface area contributed by atoms with Crippen molar-refractivity contribution in [1.29, 1.82) is 0 Å². The van der Waals surface area contributed by atoms with Crippen LogP contribution in [0.15, 0.2) is 71.7 Å². The number of carbonyl (C=O) groups is 1. The summed E-state index contributed by atoms with van der Waals surface area (Å²) < 4.78 is 7.18. The lowest BCUT2D eigenvalue weighted by Crippen LogP contribution is -2.28. The zero-order valence-electron chi connectivity index (χ0n) is 23.7. The Morgan fingerprint density at radius 1 is 1.10 bits per heavy atom. The Morgan fingerprint density at radius 2 is 1.90 bits per heavy atom. The Hall–Kier alpha value is -4.70. The third-order valence-corrected chi connectivity index (χ3v) is 6.41. The number of methoxy groups -OCH3 is 1. The first kappa shape index (κ1) is 28.3. The number of pyridine rings is 1. The highest BCUT2D eigenvalue weighted by Crippen LogP contribution is 2.31. The van der Waals surface area contributed by atoms with Crippen LogP contribution in [0, 0.1) is 6.92 Å². The van der Waals surface area contributed by atoms with Gasteiger partial charge in [0.25, 0.3) is 5.56 Å². The zero-order valence-corrected chi connectivity index (χ0v) is 23.7. The van der Waals surface area contributed by atoms with Crippen LogP contribution in [0.4, 0.5) is 23.0 Å². The topological polar surface area (TPSA) is 105 Å². The van der Waals surface area contributed by atoms with E-state index in [1.54, 1.807) is 56.6 Å². The van der Waals surface area contributed by atoms with Crippen molar-refractivity contribution in [2.24, 2.45) is 0 Å². The molecule has 0 aliphatic carbocycles. The second kappa shape index (κ2) is 12.4. The summed E-state index contributed by atoms with van der Waals surface area (Å²) >= 11 is 0. The van der Waals surface area contributed by atoms with E-state index < -0.39 is 0 Å². The average Bonchev–Trinajstić information content (AvgIpc) is 2.92. The third-order valence-electron chi connectivity index (χ3n) is 6.41. The van der Waals surface area contributed by atoms with Crippen molar-refractivity contribution in [3.63, 3.8) is 0 Å². The van der Waals surface area contributed by atoms with E-state index in [0.717, 1.165) is 29.7 Å². The van der Waals surface area contributed by atoms with Crippen molar-refractivity contribution in [2.45, 2.75) is 13.8 Å². The van der Waals surface area contributed by atoms with Crippen molar-refractivity contribution in [1.82, 2.24) is 19.4 Å². The van der Waals surface area contributed by atoms with Gasteiger partial charge in [0.2, 0.25) is 11.9 Å². The molecule has 0 atom stereocenters. The van der Waals surface area contributed by atoms with E-state index in [1.807, 2.05) is 46.3 Å². The Kier molecular flexibility index (Phi) is 8.80. The first-order chi connectivity index (χ1) is 19.2. The van der Waals surface area contributed by atoms with Gasteiger partial charge in [-0.1, -0.05) is 12.1 Å². The monoisotopic (exact) mass is 541 g/mol. The molecule has 0 fully saturated rings. The van der Waals surface area contributed by atoms with Gasteiger partial charge in [0.15, 0.2) is 5.65 Å². The fraction of sp³-hybridized carbons (Fsp3) is 0.267. The lowest BCUT2D eigenvalue weighted by atomic mass is 10.2. The van der Waals surface area contributed by atoms with E-state index in [9.17, 15) is 9.59 Å². The highest BCUT2D eigenvalue weighted by molar-refractivity contribution is 5.99. The SMILES string of the molecule is CC=CC(=O)Nc1cccc(-n2c(=O)cc(C)c3cnc(Nc4ccc(N(C)CCN(C)C)cc4OC)nc32)c1. The summed E-state index contributed by atoms with van der Waals surface area (Å²) in [5.74, 6) is 0.707. The van der Waals surface area contributed by atoms with Crippen LogP contribution in [0.25, 0.3) is 16.7 Å². The predicted molar refractivity (Wildman–Crippen MR) is 161 cm³/mol. The number of amides is 1. The van der Waals surface area contributed by atoms with Gasteiger partial charge in [0.1, 0.15) is 5.75 Å². The minimum Gasteiger partial charge on any atom is -0.494 e. The van der Waals surface area contributed by atoms with Gasteiger partial charge >= 0.3 is 0 Å². The lowest BCUT2D eigenvalue weighted by Gasteiger charge is -2.23. The van der Waals surface area contributed by atoms with E-state index in [2.05, 4.69) is 25.4 Å². The molecule has 0 spiro atoms.